The zero-order valence-electron chi connectivity index (χ0n) is 9.14. The van der Waals surface area contributed by atoms with E-state index in [4.69, 9.17) is 4.74 Å². The van der Waals surface area contributed by atoms with Gasteiger partial charge in [-0.25, -0.2) is 9.89 Å². The third-order valence-corrected chi connectivity index (χ3v) is 4.30. The number of carbonyl (C=O) groups is 1. The van der Waals surface area contributed by atoms with E-state index in [1.54, 1.807) is 6.92 Å². The van der Waals surface area contributed by atoms with Crippen LogP contribution < -0.4 is 5.56 Å². The summed E-state index contributed by atoms with van der Waals surface area (Å²) in [7, 11) is 0. The summed E-state index contributed by atoms with van der Waals surface area (Å²) < 4.78 is 5.65. The van der Waals surface area contributed by atoms with Gasteiger partial charge in [-0.05, 0) is 13.2 Å². The van der Waals surface area contributed by atoms with Gasteiger partial charge in [-0.1, -0.05) is 5.21 Å². The number of aromatic amines is 1. The standard InChI is InChI=1S/C9H9N3O3S2/c1-3-15-8(14)6-5-4(9(16-2)17-6)7(13)11-12-10-5/h3H2,1-2H3,(H,10,11,13). The second-order valence-electron chi connectivity index (χ2n) is 3.01. The smallest absolute Gasteiger partial charge is 0.350 e. The SMILES string of the molecule is CCOC(=O)c1sc(SC)c2c(=O)[nH]nnc12. The number of rotatable bonds is 3. The lowest BCUT2D eigenvalue weighted by Gasteiger charge is -1.97. The van der Waals surface area contributed by atoms with Crippen LogP contribution in [0.4, 0.5) is 0 Å². The van der Waals surface area contributed by atoms with E-state index in [2.05, 4.69) is 15.4 Å². The fourth-order valence-electron chi connectivity index (χ4n) is 1.35. The fraction of sp³-hybridized carbons (Fsp3) is 0.333. The second-order valence-corrected chi connectivity index (χ2v) is 5.10. The minimum Gasteiger partial charge on any atom is -0.462 e. The molecule has 0 saturated heterocycles. The zero-order valence-corrected chi connectivity index (χ0v) is 10.8. The third kappa shape index (κ3) is 2.05. The summed E-state index contributed by atoms with van der Waals surface area (Å²) in [5.41, 5.74) is -0.0345. The number of nitrogens with one attached hydrogen (secondary N) is 1. The summed E-state index contributed by atoms with van der Waals surface area (Å²) >= 11 is 2.59. The van der Waals surface area contributed by atoms with Crippen molar-refractivity contribution in [3.05, 3.63) is 15.2 Å². The first kappa shape index (κ1) is 12.1. The Morgan fingerprint density at radius 3 is 3.00 bits per heavy atom. The van der Waals surface area contributed by atoms with Gasteiger partial charge in [0.1, 0.15) is 10.4 Å². The van der Waals surface area contributed by atoms with E-state index < -0.39 is 5.97 Å². The molecule has 8 heteroatoms. The number of carbonyl (C=O) groups excluding carboxylic acids is 1. The molecule has 2 aromatic rings. The molecular formula is C9H9N3O3S2. The van der Waals surface area contributed by atoms with Gasteiger partial charge in [0.2, 0.25) is 0 Å². The number of hydrogen-bond acceptors (Lipinski definition) is 7. The number of nitrogens with zero attached hydrogens (tertiary/aromatic N) is 2. The predicted octanol–water partition coefficient (Wildman–Crippen LogP) is 1.28. The number of hydrogen-bond donors (Lipinski definition) is 1. The largest absolute Gasteiger partial charge is 0.462 e. The van der Waals surface area contributed by atoms with Crippen LogP contribution in [0.1, 0.15) is 16.6 Å². The normalized spacial score (nSPS) is 10.7. The van der Waals surface area contributed by atoms with E-state index in [0.717, 1.165) is 4.21 Å². The van der Waals surface area contributed by atoms with Gasteiger partial charge in [0.15, 0.2) is 0 Å². The van der Waals surface area contributed by atoms with Crippen LogP contribution in [0.15, 0.2) is 9.00 Å². The quantitative estimate of drug-likeness (QED) is 0.668. The number of thioether (sulfide) groups is 1. The van der Waals surface area contributed by atoms with Crippen LogP contribution in [0.5, 0.6) is 0 Å². The lowest BCUT2D eigenvalue weighted by molar-refractivity contribution is 0.0534. The molecule has 2 rings (SSSR count). The number of aromatic nitrogens is 3. The molecule has 90 valence electrons. The Labute approximate surface area is 104 Å². The molecule has 0 aliphatic rings. The maximum absolute atomic E-state index is 11.7. The van der Waals surface area contributed by atoms with E-state index in [0.29, 0.717) is 15.8 Å². The Hall–Kier alpha value is -1.41. The van der Waals surface area contributed by atoms with E-state index in [1.165, 1.54) is 23.1 Å². The third-order valence-electron chi connectivity index (χ3n) is 2.03. The number of ether oxygens (including phenoxy) is 1. The van der Waals surface area contributed by atoms with Crippen LogP contribution >= 0.6 is 23.1 Å². The molecule has 17 heavy (non-hydrogen) atoms. The van der Waals surface area contributed by atoms with Gasteiger partial charge in [-0.3, -0.25) is 4.79 Å². The van der Waals surface area contributed by atoms with Crippen molar-refractivity contribution in [1.82, 2.24) is 15.4 Å². The van der Waals surface area contributed by atoms with Crippen LogP contribution in [0.3, 0.4) is 0 Å². The van der Waals surface area contributed by atoms with Crippen molar-refractivity contribution in [3.63, 3.8) is 0 Å². The Balaban J connectivity index is 2.70. The van der Waals surface area contributed by atoms with E-state index >= 15 is 0 Å². The van der Waals surface area contributed by atoms with E-state index in [9.17, 15) is 9.59 Å². The lowest BCUT2D eigenvalue weighted by Crippen LogP contribution is -2.10. The maximum Gasteiger partial charge on any atom is 0.350 e. The molecule has 0 aliphatic carbocycles. The number of H-pyrrole nitrogens is 1. The highest BCUT2D eigenvalue weighted by molar-refractivity contribution is 8.00. The number of esters is 1. The summed E-state index contributed by atoms with van der Waals surface area (Å²) in [6, 6.07) is 0. The van der Waals surface area contributed by atoms with Gasteiger partial charge in [-0.15, -0.1) is 28.2 Å². The fourth-order valence-corrected chi connectivity index (χ4v) is 3.19. The summed E-state index contributed by atoms with van der Waals surface area (Å²) in [6.07, 6.45) is 1.83. The lowest BCUT2D eigenvalue weighted by atomic mass is 10.3. The Morgan fingerprint density at radius 1 is 1.59 bits per heavy atom. The monoisotopic (exact) mass is 271 g/mol. The first-order valence-electron chi connectivity index (χ1n) is 4.78. The van der Waals surface area contributed by atoms with Crippen LogP contribution in [-0.2, 0) is 4.74 Å². The Kier molecular flexibility index (Phi) is 3.43. The molecule has 0 spiro atoms. The molecule has 0 radical (unpaired) electrons. The molecule has 2 aromatic heterocycles. The number of thiophene rings is 1. The van der Waals surface area contributed by atoms with E-state index in [1.807, 2.05) is 6.26 Å². The molecule has 0 saturated carbocycles. The minimum atomic E-state index is -0.470. The van der Waals surface area contributed by atoms with Gasteiger partial charge in [0.25, 0.3) is 5.56 Å². The van der Waals surface area contributed by atoms with Gasteiger partial charge in [0, 0.05) is 0 Å². The summed E-state index contributed by atoms with van der Waals surface area (Å²) in [5, 5.41) is 9.93. The highest BCUT2D eigenvalue weighted by Crippen LogP contribution is 2.34. The molecule has 1 N–H and O–H groups in total. The van der Waals surface area contributed by atoms with Crippen molar-refractivity contribution in [2.24, 2.45) is 0 Å². The average Bonchev–Trinajstić information content (AvgIpc) is 2.69. The van der Waals surface area contributed by atoms with Crippen molar-refractivity contribution >= 4 is 40.0 Å². The molecule has 0 atom stereocenters. The molecule has 6 nitrogen and oxygen atoms in total. The summed E-state index contributed by atoms with van der Waals surface area (Å²) in [5.74, 6) is -0.470. The molecule has 0 bridgehead atoms. The van der Waals surface area contributed by atoms with Crippen molar-refractivity contribution in [3.8, 4) is 0 Å². The molecule has 2 heterocycles. The molecular weight excluding hydrogens is 262 g/mol. The van der Waals surface area contributed by atoms with Gasteiger partial charge in [-0.2, -0.15) is 0 Å². The summed E-state index contributed by atoms with van der Waals surface area (Å²) in [6.45, 7) is 2.01. The van der Waals surface area contributed by atoms with Crippen molar-refractivity contribution in [2.75, 3.05) is 12.9 Å². The highest BCUT2D eigenvalue weighted by Gasteiger charge is 2.21. The molecule has 0 aliphatic heterocycles. The topological polar surface area (TPSA) is 84.9 Å². The van der Waals surface area contributed by atoms with Crippen molar-refractivity contribution in [2.45, 2.75) is 11.1 Å². The molecule has 0 unspecified atom stereocenters. The highest BCUT2D eigenvalue weighted by atomic mass is 32.2. The Bertz CT molecular complexity index is 619. The van der Waals surface area contributed by atoms with Crippen LogP contribution in [0, 0.1) is 0 Å². The first-order valence-corrected chi connectivity index (χ1v) is 6.82. The van der Waals surface area contributed by atoms with E-state index in [-0.39, 0.29) is 12.2 Å². The zero-order chi connectivity index (χ0) is 12.4. The maximum atomic E-state index is 11.7. The first-order chi connectivity index (χ1) is 8.19. The van der Waals surface area contributed by atoms with Crippen molar-refractivity contribution in [1.29, 1.82) is 0 Å². The Morgan fingerprint density at radius 2 is 2.35 bits per heavy atom. The summed E-state index contributed by atoms with van der Waals surface area (Å²) in [4.78, 5) is 23.7. The van der Waals surface area contributed by atoms with Gasteiger partial charge in [0.05, 0.1) is 16.2 Å². The van der Waals surface area contributed by atoms with Crippen LogP contribution in [0.2, 0.25) is 0 Å². The van der Waals surface area contributed by atoms with Gasteiger partial charge < -0.3 is 4.74 Å². The molecule has 0 aromatic carbocycles. The van der Waals surface area contributed by atoms with Gasteiger partial charge >= 0.3 is 5.97 Å². The van der Waals surface area contributed by atoms with Crippen LogP contribution in [0.25, 0.3) is 10.9 Å². The van der Waals surface area contributed by atoms with Crippen LogP contribution in [-0.4, -0.2) is 34.2 Å². The molecule has 0 amide bonds. The molecule has 0 fully saturated rings. The average molecular weight is 271 g/mol. The predicted molar refractivity (Wildman–Crippen MR) is 65.8 cm³/mol. The number of fused-ring (bicyclic) bond motifs is 1. The minimum absolute atomic E-state index is 0.281. The second kappa shape index (κ2) is 4.84. The van der Waals surface area contributed by atoms with Crippen molar-refractivity contribution < 1.29 is 9.53 Å².